The van der Waals surface area contributed by atoms with Gasteiger partial charge in [-0.15, -0.1) is 10.2 Å². The molecule has 7 nitrogen and oxygen atoms in total. The average Bonchev–Trinajstić information content (AvgIpc) is 3.10. The van der Waals surface area contributed by atoms with Crippen molar-refractivity contribution in [3.8, 4) is 0 Å². The minimum absolute atomic E-state index is 0.218. The molecule has 0 aliphatic carbocycles. The average molecular weight is 383 g/mol. The van der Waals surface area contributed by atoms with E-state index in [-0.39, 0.29) is 5.91 Å². The van der Waals surface area contributed by atoms with E-state index in [1.807, 2.05) is 35.2 Å². The van der Waals surface area contributed by atoms with Crippen LogP contribution in [0.5, 0.6) is 0 Å². The third-order valence-corrected chi connectivity index (χ3v) is 5.88. The van der Waals surface area contributed by atoms with Crippen LogP contribution in [0.3, 0.4) is 0 Å². The maximum Gasteiger partial charge on any atom is 0.226 e. The Kier molecular flexibility index (Phi) is 6.02. The van der Waals surface area contributed by atoms with Gasteiger partial charge >= 0.3 is 0 Å². The van der Waals surface area contributed by atoms with Gasteiger partial charge < -0.3 is 14.2 Å². The molecule has 1 aromatic carbocycles. The zero-order valence-electron chi connectivity index (χ0n) is 16.6. The van der Waals surface area contributed by atoms with Crippen LogP contribution in [0.2, 0.25) is 0 Å². The lowest BCUT2D eigenvalue weighted by Gasteiger charge is -2.31. The summed E-state index contributed by atoms with van der Waals surface area (Å²) in [5, 5.41) is 8.94. The molecule has 2 fully saturated rings. The second kappa shape index (κ2) is 8.84. The van der Waals surface area contributed by atoms with Crippen molar-refractivity contribution < 1.29 is 9.53 Å². The highest BCUT2D eigenvalue weighted by molar-refractivity contribution is 5.78. The number of hydrogen-bond donors (Lipinski definition) is 0. The highest BCUT2D eigenvalue weighted by Gasteiger charge is 2.27. The van der Waals surface area contributed by atoms with E-state index in [2.05, 4.69) is 26.7 Å². The molecule has 1 aromatic heterocycles. The van der Waals surface area contributed by atoms with Gasteiger partial charge in [0.1, 0.15) is 11.6 Å². The Balaban J connectivity index is 1.31. The van der Waals surface area contributed by atoms with Crippen LogP contribution in [0.15, 0.2) is 30.3 Å². The maximum atomic E-state index is 12.6. The van der Waals surface area contributed by atoms with Gasteiger partial charge in [0, 0.05) is 39.1 Å². The fourth-order valence-electron chi connectivity index (χ4n) is 4.10. The number of morpholine rings is 1. The first kappa shape index (κ1) is 19.1. The second-order valence-electron chi connectivity index (χ2n) is 7.74. The van der Waals surface area contributed by atoms with E-state index < -0.39 is 0 Å². The Morgan fingerprint density at radius 3 is 2.50 bits per heavy atom. The van der Waals surface area contributed by atoms with Crippen molar-refractivity contribution in [2.75, 3.05) is 39.4 Å². The quantitative estimate of drug-likeness (QED) is 0.785. The normalized spacial score (nSPS) is 19.1. The molecule has 1 amide bonds. The molecule has 0 saturated carbocycles. The first-order chi connectivity index (χ1) is 13.7. The van der Waals surface area contributed by atoms with Crippen LogP contribution in [-0.2, 0) is 29.5 Å². The number of carbonyl (C=O) groups excluding carboxylic acids is 1. The molecule has 2 aliphatic heterocycles. The van der Waals surface area contributed by atoms with Crippen LogP contribution in [-0.4, -0.2) is 69.9 Å². The maximum absolute atomic E-state index is 12.6. The topological polar surface area (TPSA) is 63.5 Å². The summed E-state index contributed by atoms with van der Waals surface area (Å²) < 4.78 is 7.57. The van der Waals surface area contributed by atoms with Crippen molar-refractivity contribution in [1.82, 2.24) is 24.6 Å². The third kappa shape index (κ3) is 4.42. The molecular formula is C21H29N5O2. The highest BCUT2D eigenvalue weighted by atomic mass is 16.5. The van der Waals surface area contributed by atoms with E-state index >= 15 is 0 Å². The molecule has 2 aliphatic rings. The van der Waals surface area contributed by atoms with E-state index in [9.17, 15) is 4.79 Å². The van der Waals surface area contributed by atoms with Gasteiger partial charge in [-0.05, 0) is 18.4 Å². The number of rotatable bonds is 5. The summed E-state index contributed by atoms with van der Waals surface area (Å²) in [7, 11) is 2.07. The Morgan fingerprint density at radius 1 is 1.07 bits per heavy atom. The Hall–Kier alpha value is -2.25. The molecule has 0 N–H and O–H groups in total. The summed E-state index contributed by atoms with van der Waals surface area (Å²) in [5.74, 6) is 2.66. The van der Waals surface area contributed by atoms with Crippen molar-refractivity contribution in [1.29, 1.82) is 0 Å². The smallest absolute Gasteiger partial charge is 0.226 e. The van der Waals surface area contributed by atoms with Crippen molar-refractivity contribution in [2.45, 2.75) is 31.7 Å². The zero-order chi connectivity index (χ0) is 19.3. The molecule has 2 aromatic rings. The zero-order valence-corrected chi connectivity index (χ0v) is 16.6. The minimum Gasteiger partial charge on any atom is -0.379 e. The number of nitrogens with zero attached hydrogens (tertiary/aromatic N) is 5. The molecule has 3 heterocycles. The van der Waals surface area contributed by atoms with Gasteiger partial charge in [0.2, 0.25) is 5.91 Å². The van der Waals surface area contributed by atoms with Crippen molar-refractivity contribution in [2.24, 2.45) is 7.05 Å². The summed E-state index contributed by atoms with van der Waals surface area (Å²) in [6.07, 6.45) is 2.38. The third-order valence-electron chi connectivity index (χ3n) is 5.88. The Bertz CT molecular complexity index is 777. The van der Waals surface area contributed by atoms with Crippen LogP contribution in [0.25, 0.3) is 0 Å². The number of aromatic nitrogens is 3. The molecule has 2 saturated heterocycles. The van der Waals surface area contributed by atoms with Gasteiger partial charge in [-0.2, -0.15) is 0 Å². The summed E-state index contributed by atoms with van der Waals surface area (Å²) in [5.41, 5.74) is 1.08. The van der Waals surface area contributed by atoms with Crippen molar-refractivity contribution >= 4 is 5.91 Å². The number of hydrogen-bond acceptors (Lipinski definition) is 5. The molecule has 7 heteroatoms. The molecule has 150 valence electrons. The van der Waals surface area contributed by atoms with E-state index in [1.165, 1.54) is 0 Å². The van der Waals surface area contributed by atoms with Crippen LogP contribution in [0.4, 0.5) is 0 Å². The largest absolute Gasteiger partial charge is 0.379 e. The Labute approximate surface area is 166 Å². The van der Waals surface area contributed by atoms with Crippen molar-refractivity contribution in [3.05, 3.63) is 47.5 Å². The summed E-state index contributed by atoms with van der Waals surface area (Å²) in [6.45, 7) is 5.89. The SMILES string of the molecule is Cn1c(CN2CCOCC2)nnc1C1CCN(C(=O)Cc2ccccc2)CC1. The predicted octanol–water partition coefficient (Wildman–Crippen LogP) is 1.60. The van der Waals surface area contributed by atoms with Crippen molar-refractivity contribution in [3.63, 3.8) is 0 Å². The number of ether oxygens (including phenoxy) is 1. The molecule has 28 heavy (non-hydrogen) atoms. The molecule has 0 spiro atoms. The van der Waals surface area contributed by atoms with E-state index in [0.29, 0.717) is 12.3 Å². The number of carbonyl (C=O) groups is 1. The minimum atomic E-state index is 0.218. The van der Waals surface area contributed by atoms with Crippen LogP contribution >= 0.6 is 0 Å². The fraction of sp³-hybridized carbons (Fsp3) is 0.571. The number of amides is 1. The first-order valence-corrected chi connectivity index (χ1v) is 10.2. The van der Waals surface area contributed by atoms with Crippen LogP contribution in [0.1, 0.15) is 36.0 Å². The summed E-state index contributed by atoms with van der Waals surface area (Å²) in [6, 6.07) is 9.98. The molecular weight excluding hydrogens is 354 g/mol. The van der Waals surface area contributed by atoms with Gasteiger partial charge in [0.25, 0.3) is 0 Å². The van der Waals surface area contributed by atoms with Crippen LogP contribution in [0, 0.1) is 0 Å². The lowest BCUT2D eigenvalue weighted by molar-refractivity contribution is -0.131. The number of benzene rings is 1. The van der Waals surface area contributed by atoms with Gasteiger partial charge in [0.15, 0.2) is 0 Å². The van der Waals surface area contributed by atoms with E-state index in [4.69, 9.17) is 4.74 Å². The van der Waals surface area contributed by atoms with Gasteiger partial charge in [-0.25, -0.2) is 0 Å². The molecule has 0 radical (unpaired) electrons. The molecule has 0 atom stereocenters. The predicted molar refractivity (Wildman–Crippen MR) is 106 cm³/mol. The molecule has 4 rings (SSSR count). The van der Waals surface area contributed by atoms with Gasteiger partial charge in [-0.3, -0.25) is 9.69 Å². The highest BCUT2D eigenvalue weighted by Crippen LogP contribution is 2.27. The molecule has 0 bridgehead atoms. The van der Waals surface area contributed by atoms with E-state index in [0.717, 1.165) is 76.0 Å². The first-order valence-electron chi connectivity index (χ1n) is 10.2. The lowest BCUT2D eigenvalue weighted by atomic mass is 9.95. The fourth-order valence-corrected chi connectivity index (χ4v) is 4.10. The summed E-state index contributed by atoms with van der Waals surface area (Å²) >= 11 is 0. The standard InChI is InChI=1S/C21H29N5O2/c1-24-19(16-25-11-13-28-14-12-25)22-23-21(24)18-7-9-26(10-8-18)20(27)15-17-5-3-2-4-6-17/h2-6,18H,7-16H2,1H3. The second-order valence-corrected chi connectivity index (χ2v) is 7.74. The van der Waals surface area contributed by atoms with Gasteiger partial charge in [0.05, 0.1) is 26.2 Å². The van der Waals surface area contributed by atoms with Crippen LogP contribution < -0.4 is 0 Å². The molecule has 0 unspecified atom stereocenters. The summed E-state index contributed by atoms with van der Waals surface area (Å²) in [4.78, 5) is 16.9. The number of piperidine rings is 1. The monoisotopic (exact) mass is 383 g/mol. The van der Waals surface area contributed by atoms with E-state index in [1.54, 1.807) is 0 Å². The lowest BCUT2D eigenvalue weighted by Crippen LogP contribution is -2.39. The van der Waals surface area contributed by atoms with Gasteiger partial charge in [-0.1, -0.05) is 30.3 Å². The Morgan fingerprint density at radius 2 is 1.79 bits per heavy atom. The number of likely N-dealkylation sites (tertiary alicyclic amines) is 1.